The number of benzene rings is 1. The zero-order valence-corrected chi connectivity index (χ0v) is 8.84. The first kappa shape index (κ1) is 11.1. The molecule has 6 nitrogen and oxygen atoms in total. The largest absolute Gasteiger partial charge is 0.481 e. The molecule has 2 N–H and O–H groups in total. The van der Waals surface area contributed by atoms with Gasteiger partial charge in [0.15, 0.2) is 0 Å². The highest BCUT2D eigenvalue weighted by molar-refractivity contribution is 5.80. The Balaban J connectivity index is 2.02. The first-order chi connectivity index (χ1) is 8.15. The van der Waals surface area contributed by atoms with Gasteiger partial charge in [-0.25, -0.2) is 4.98 Å². The number of aromatic nitrogens is 2. The molecule has 0 amide bonds. The van der Waals surface area contributed by atoms with Gasteiger partial charge in [0.25, 0.3) is 0 Å². The topological polar surface area (TPSA) is 92.3 Å². The Kier molecular flexibility index (Phi) is 3.04. The molecule has 0 fully saturated rings. The van der Waals surface area contributed by atoms with Gasteiger partial charge in [-0.3, -0.25) is 9.59 Å². The summed E-state index contributed by atoms with van der Waals surface area (Å²) in [6.45, 7) is 0. The normalized spacial score (nSPS) is 10.4. The van der Waals surface area contributed by atoms with Crippen molar-refractivity contribution in [3.8, 4) is 5.75 Å². The third kappa shape index (κ3) is 2.81. The summed E-state index contributed by atoms with van der Waals surface area (Å²) in [5, 5.41) is 8.42. The summed E-state index contributed by atoms with van der Waals surface area (Å²) in [6, 6.07) is 4.97. The van der Waals surface area contributed by atoms with Crippen LogP contribution < -0.4 is 4.74 Å². The molecule has 1 aromatic heterocycles. The maximum Gasteiger partial charge on any atom is 0.311 e. The van der Waals surface area contributed by atoms with Crippen LogP contribution in [0.4, 0.5) is 0 Å². The Bertz CT molecular complexity index is 561. The maximum atomic E-state index is 11.3. The Morgan fingerprint density at radius 2 is 2.18 bits per heavy atom. The lowest BCUT2D eigenvalue weighted by Crippen LogP contribution is -2.10. The van der Waals surface area contributed by atoms with Crippen LogP contribution in [0.15, 0.2) is 24.5 Å². The van der Waals surface area contributed by atoms with E-state index in [1.165, 1.54) is 0 Å². The van der Waals surface area contributed by atoms with Gasteiger partial charge in [0.2, 0.25) is 0 Å². The van der Waals surface area contributed by atoms with E-state index in [2.05, 4.69) is 9.97 Å². The van der Waals surface area contributed by atoms with Gasteiger partial charge in [-0.15, -0.1) is 0 Å². The van der Waals surface area contributed by atoms with Gasteiger partial charge in [-0.2, -0.15) is 0 Å². The molecule has 0 aliphatic heterocycles. The lowest BCUT2D eigenvalue weighted by atomic mass is 10.3. The summed E-state index contributed by atoms with van der Waals surface area (Å²) < 4.78 is 4.99. The van der Waals surface area contributed by atoms with E-state index < -0.39 is 11.9 Å². The van der Waals surface area contributed by atoms with Gasteiger partial charge in [0, 0.05) is 6.07 Å². The van der Waals surface area contributed by atoms with Crippen LogP contribution in [0.2, 0.25) is 0 Å². The monoisotopic (exact) mass is 234 g/mol. The summed E-state index contributed by atoms with van der Waals surface area (Å²) >= 11 is 0. The SMILES string of the molecule is O=C(O)CCC(=O)Oc1ccc2nc[nH]c2c1. The summed E-state index contributed by atoms with van der Waals surface area (Å²) in [7, 11) is 0. The number of carboxylic acids is 1. The van der Waals surface area contributed by atoms with E-state index >= 15 is 0 Å². The molecule has 6 heteroatoms. The predicted octanol–water partition coefficient (Wildman–Crippen LogP) is 1.33. The minimum Gasteiger partial charge on any atom is -0.481 e. The molecule has 2 aromatic rings. The molecule has 1 heterocycles. The first-order valence-electron chi connectivity index (χ1n) is 5.01. The molecule has 0 radical (unpaired) electrons. The molecule has 17 heavy (non-hydrogen) atoms. The van der Waals surface area contributed by atoms with Gasteiger partial charge < -0.3 is 14.8 Å². The van der Waals surface area contributed by atoms with Gasteiger partial charge in [-0.1, -0.05) is 0 Å². The van der Waals surface area contributed by atoms with E-state index in [1.807, 2.05) is 0 Å². The zero-order valence-electron chi connectivity index (χ0n) is 8.84. The second kappa shape index (κ2) is 4.65. The molecule has 0 aliphatic carbocycles. The highest BCUT2D eigenvalue weighted by atomic mass is 16.5. The quantitative estimate of drug-likeness (QED) is 0.615. The molecular formula is C11H10N2O4. The smallest absolute Gasteiger partial charge is 0.311 e. The molecule has 1 aromatic carbocycles. The van der Waals surface area contributed by atoms with E-state index in [0.29, 0.717) is 5.75 Å². The van der Waals surface area contributed by atoms with E-state index in [0.717, 1.165) is 11.0 Å². The van der Waals surface area contributed by atoms with Crippen LogP contribution in [-0.2, 0) is 9.59 Å². The van der Waals surface area contributed by atoms with Crippen LogP contribution in [0.3, 0.4) is 0 Å². The number of carbonyl (C=O) groups excluding carboxylic acids is 1. The van der Waals surface area contributed by atoms with E-state index in [9.17, 15) is 9.59 Å². The lowest BCUT2D eigenvalue weighted by molar-refractivity contribution is -0.142. The van der Waals surface area contributed by atoms with Crippen LogP contribution in [-0.4, -0.2) is 27.0 Å². The molecule has 2 rings (SSSR count). The van der Waals surface area contributed by atoms with Crippen LogP contribution in [0.5, 0.6) is 5.75 Å². The summed E-state index contributed by atoms with van der Waals surface area (Å²) in [5.41, 5.74) is 1.53. The Hall–Kier alpha value is -2.37. The minimum absolute atomic E-state index is 0.143. The van der Waals surface area contributed by atoms with Gasteiger partial charge in [-0.05, 0) is 12.1 Å². The number of carboxylic acid groups (broad SMARTS) is 1. The Labute approximate surface area is 96.2 Å². The molecule has 88 valence electrons. The molecule has 0 atom stereocenters. The highest BCUT2D eigenvalue weighted by Crippen LogP contribution is 2.18. The predicted molar refractivity (Wildman–Crippen MR) is 58.6 cm³/mol. The number of hydrogen-bond donors (Lipinski definition) is 2. The number of esters is 1. The van der Waals surface area contributed by atoms with Crippen LogP contribution >= 0.6 is 0 Å². The molecular weight excluding hydrogens is 224 g/mol. The van der Waals surface area contributed by atoms with Crippen LogP contribution in [0.25, 0.3) is 11.0 Å². The molecule has 0 spiro atoms. The van der Waals surface area contributed by atoms with Crippen molar-refractivity contribution in [3.05, 3.63) is 24.5 Å². The summed E-state index contributed by atoms with van der Waals surface area (Å²) in [5.74, 6) is -1.21. The molecule has 0 saturated carbocycles. The number of hydrogen-bond acceptors (Lipinski definition) is 4. The number of nitrogens with one attached hydrogen (secondary N) is 1. The fourth-order valence-electron chi connectivity index (χ4n) is 1.37. The van der Waals surface area contributed by atoms with Crippen molar-refractivity contribution in [1.82, 2.24) is 9.97 Å². The molecule has 0 aliphatic rings. The fraction of sp³-hybridized carbons (Fsp3) is 0.182. The van der Waals surface area contributed by atoms with Crippen LogP contribution in [0.1, 0.15) is 12.8 Å². The fourth-order valence-corrected chi connectivity index (χ4v) is 1.37. The standard InChI is InChI=1S/C11H10N2O4/c14-10(15)3-4-11(16)17-7-1-2-8-9(5-7)13-6-12-8/h1-2,5-6H,3-4H2,(H,12,13)(H,14,15). The third-order valence-electron chi connectivity index (χ3n) is 2.17. The van der Waals surface area contributed by atoms with Crippen molar-refractivity contribution < 1.29 is 19.4 Å². The minimum atomic E-state index is -1.02. The van der Waals surface area contributed by atoms with Crippen molar-refractivity contribution in [1.29, 1.82) is 0 Å². The number of aliphatic carboxylic acids is 1. The molecule has 0 unspecified atom stereocenters. The number of nitrogens with zero attached hydrogens (tertiary/aromatic N) is 1. The van der Waals surface area contributed by atoms with E-state index in [4.69, 9.17) is 9.84 Å². The van der Waals surface area contributed by atoms with Crippen molar-refractivity contribution in [2.75, 3.05) is 0 Å². The van der Waals surface area contributed by atoms with Crippen molar-refractivity contribution in [3.63, 3.8) is 0 Å². The summed E-state index contributed by atoms with van der Waals surface area (Å²) in [4.78, 5) is 28.5. The molecule has 0 bridgehead atoms. The Morgan fingerprint density at radius 1 is 1.35 bits per heavy atom. The van der Waals surface area contributed by atoms with E-state index in [1.54, 1.807) is 24.5 Å². The zero-order chi connectivity index (χ0) is 12.3. The Morgan fingerprint density at radius 3 is 2.94 bits per heavy atom. The maximum absolute atomic E-state index is 11.3. The van der Waals surface area contributed by atoms with Crippen molar-refractivity contribution in [2.24, 2.45) is 0 Å². The highest BCUT2D eigenvalue weighted by Gasteiger charge is 2.08. The summed E-state index contributed by atoms with van der Waals surface area (Å²) in [6.07, 6.45) is 1.17. The second-order valence-corrected chi connectivity index (χ2v) is 3.45. The third-order valence-corrected chi connectivity index (χ3v) is 2.17. The number of aromatic amines is 1. The number of imidazole rings is 1. The van der Waals surface area contributed by atoms with Crippen LogP contribution in [0, 0.1) is 0 Å². The van der Waals surface area contributed by atoms with Crippen molar-refractivity contribution in [2.45, 2.75) is 12.8 Å². The lowest BCUT2D eigenvalue weighted by Gasteiger charge is -2.02. The van der Waals surface area contributed by atoms with Crippen molar-refractivity contribution >= 4 is 23.0 Å². The number of H-pyrrole nitrogens is 1. The number of ether oxygens (including phenoxy) is 1. The average molecular weight is 234 g/mol. The van der Waals surface area contributed by atoms with Gasteiger partial charge in [0.1, 0.15) is 5.75 Å². The first-order valence-corrected chi connectivity index (χ1v) is 5.01. The molecule has 0 saturated heterocycles. The number of carbonyl (C=O) groups is 2. The number of fused-ring (bicyclic) bond motifs is 1. The average Bonchev–Trinajstić information content (AvgIpc) is 2.73. The van der Waals surface area contributed by atoms with Gasteiger partial charge in [0.05, 0.1) is 30.2 Å². The number of rotatable bonds is 4. The second-order valence-electron chi connectivity index (χ2n) is 3.45. The van der Waals surface area contributed by atoms with E-state index in [-0.39, 0.29) is 12.8 Å². The van der Waals surface area contributed by atoms with Gasteiger partial charge >= 0.3 is 11.9 Å².